The fraction of sp³-hybridized carbons (Fsp3) is 0.429. The lowest BCUT2D eigenvalue weighted by Gasteiger charge is -1.94. The van der Waals surface area contributed by atoms with E-state index in [1.807, 2.05) is 6.20 Å². The molecule has 0 saturated heterocycles. The van der Waals surface area contributed by atoms with Crippen LogP contribution in [0, 0.1) is 0 Å². The Morgan fingerprint density at radius 2 is 2.30 bits per heavy atom. The van der Waals surface area contributed by atoms with E-state index in [4.69, 9.17) is 0 Å². The fourth-order valence-corrected chi connectivity index (χ4v) is 1.61. The quantitative estimate of drug-likeness (QED) is 0.594. The van der Waals surface area contributed by atoms with Crippen LogP contribution < -0.4 is 0 Å². The molecule has 2 rings (SSSR count). The van der Waals surface area contributed by atoms with Gasteiger partial charge in [0.15, 0.2) is 4.73 Å². The molecule has 0 fully saturated rings. The van der Waals surface area contributed by atoms with E-state index < -0.39 is 0 Å². The number of nitrogens with zero attached hydrogens (tertiary/aromatic N) is 2. The van der Waals surface area contributed by atoms with Crippen molar-refractivity contribution in [2.24, 2.45) is 0 Å². The highest BCUT2D eigenvalue weighted by atomic mass is 79.9. The van der Waals surface area contributed by atoms with Crippen molar-refractivity contribution >= 4 is 15.9 Å². The highest BCUT2D eigenvalue weighted by molar-refractivity contribution is 9.10. The molecule has 2 nitrogen and oxygen atoms in total. The minimum absolute atomic E-state index is 0.716. The van der Waals surface area contributed by atoms with Gasteiger partial charge in [-0.2, -0.15) is 0 Å². The van der Waals surface area contributed by atoms with Crippen molar-refractivity contribution < 1.29 is 0 Å². The summed E-state index contributed by atoms with van der Waals surface area (Å²) in [6.45, 7) is 0. The summed E-state index contributed by atoms with van der Waals surface area (Å²) in [7, 11) is 0. The molecular formula is C7H7BrN2. The van der Waals surface area contributed by atoms with Gasteiger partial charge >= 0.3 is 0 Å². The summed E-state index contributed by atoms with van der Waals surface area (Å²) < 4.78 is 0.716. The lowest BCUT2D eigenvalue weighted by molar-refractivity contribution is 0.897. The number of hydrogen-bond acceptors (Lipinski definition) is 2. The zero-order chi connectivity index (χ0) is 6.97. The van der Waals surface area contributed by atoms with Crippen molar-refractivity contribution in [2.45, 2.75) is 19.3 Å². The monoisotopic (exact) mass is 198 g/mol. The number of hydrogen-bond donors (Lipinski definition) is 0. The number of aryl methyl sites for hydroxylation is 2. The molecule has 0 saturated carbocycles. The Labute approximate surface area is 67.8 Å². The maximum Gasteiger partial charge on any atom is 0.196 e. The molecule has 0 atom stereocenters. The first-order valence-corrected chi connectivity index (χ1v) is 4.16. The summed E-state index contributed by atoms with van der Waals surface area (Å²) >= 11 is 3.24. The van der Waals surface area contributed by atoms with E-state index in [0.717, 1.165) is 12.8 Å². The van der Waals surface area contributed by atoms with Gasteiger partial charge in [-0.15, -0.1) is 0 Å². The molecule has 0 aromatic carbocycles. The third-order valence-corrected chi connectivity index (χ3v) is 2.17. The van der Waals surface area contributed by atoms with Crippen LogP contribution >= 0.6 is 15.9 Å². The summed E-state index contributed by atoms with van der Waals surface area (Å²) in [6, 6.07) is 0. The van der Waals surface area contributed by atoms with Gasteiger partial charge in [0.2, 0.25) is 0 Å². The van der Waals surface area contributed by atoms with Crippen LogP contribution in [0.1, 0.15) is 17.7 Å². The first-order chi connectivity index (χ1) is 4.86. The molecule has 1 aromatic heterocycles. The van der Waals surface area contributed by atoms with Gasteiger partial charge in [-0.1, -0.05) is 0 Å². The predicted octanol–water partition coefficient (Wildman–Crippen LogP) is 1.73. The lowest BCUT2D eigenvalue weighted by atomic mass is 10.3. The molecule has 1 aromatic rings. The summed E-state index contributed by atoms with van der Waals surface area (Å²) in [6.07, 6.45) is 5.43. The van der Waals surface area contributed by atoms with E-state index in [-0.39, 0.29) is 0 Å². The van der Waals surface area contributed by atoms with Crippen molar-refractivity contribution in [1.29, 1.82) is 0 Å². The molecule has 0 unspecified atom stereocenters. The highest BCUT2D eigenvalue weighted by Crippen LogP contribution is 2.19. The minimum atomic E-state index is 0.716. The van der Waals surface area contributed by atoms with Crippen molar-refractivity contribution in [2.75, 3.05) is 0 Å². The van der Waals surface area contributed by atoms with Crippen LogP contribution in [0.3, 0.4) is 0 Å². The molecule has 52 valence electrons. The largest absolute Gasteiger partial charge is 0.230 e. The summed E-state index contributed by atoms with van der Waals surface area (Å²) in [5.74, 6) is 0. The molecule has 0 N–H and O–H groups in total. The van der Waals surface area contributed by atoms with Crippen LogP contribution in [-0.2, 0) is 12.8 Å². The van der Waals surface area contributed by atoms with Crippen molar-refractivity contribution in [3.05, 3.63) is 22.2 Å². The zero-order valence-electron chi connectivity index (χ0n) is 5.47. The van der Waals surface area contributed by atoms with Crippen LogP contribution in [-0.4, -0.2) is 9.97 Å². The number of rotatable bonds is 0. The Balaban J connectivity index is 2.52. The van der Waals surface area contributed by atoms with Gasteiger partial charge in [0.1, 0.15) is 0 Å². The molecule has 0 bridgehead atoms. The lowest BCUT2D eigenvalue weighted by Crippen LogP contribution is -1.90. The molecule has 0 radical (unpaired) electrons. The topological polar surface area (TPSA) is 25.8 Å². The summed E-state index contributed by atoms with van der Waals surface area (Å²) in [5.41, 5.74) is 2.55. The SMILES string of the molecule is Brc1ncc2c(n1)CCC2. The third-order valence-electron chi connectivity index (χ3n) is 1.78. The molecule has 1 heterocycles. The molecule has 0 spiro atoms. The molecule has 0 aliphatic heterocycles. The van der Waals surface area contributed by atoms with E-state index in [0.29, 0.717) is 4.73 Å². The van der Waals surface area contributed by atoms with E-state index in [2.05, 4.69) is 25.9 Å². The van der Waals surface area contributed by atoms with Crippen LogP contribution in [0.15, 0.2) is 10.9 Å². The van der Waals surface area contributed by atoms with Crippen molar-refractivity contribution in [3.63, 3.8) is 0 Å². The average Bonchev–Trinajstić information content (AvgIpc) is 2.33. The van der Waals surface area contributed by atoms with E-state index in [9.17, 15) is 0 Å². The number of fused-ring (bicyclic) bond motifs is 1. The molecule has 1 aliphatic rings. The third kappa shape index (κ3) is 0.944. The van der Waals surface area contributed by atoms with Gasteiger partial charge in [-0.05, 0) is 40.8 Å². The molecule has 3 heteroatoms. The van der Waals surface area contributed by atoms with E-state index in [1.54, 1.807) is 0 Å². The van der Waals surface area contributed by atoms with Gasteiger partial charge in [0, 0.05) is 11.9 Å². The Hall–Kier alpha value is -0.440. The molecule has 1 aliphatic carbocycles. The van der Waals surface area contributed by atoms with Crippen LogP contribution in [0.2, 0.25) is 0 Å². The van der Waals surface area contributed by atoms with E-state index in [1.165, 1.54) is 17.7 Å². The number of aromatic nitrogens is 2. The van der Waals surface area contributed by atoms with Gasteiger partial charge in [0.25, 0.3) is 0 Å². The average molecular weight is 199 g/mol. The first-order valence-electron chi connectivity index (χ1n) is 3.36. The normalized spacial score (nSPS) is 15.3. The minimum Gasteiger partial charge on any atom is -0.230 e. The van der Waals surface area contributed by atoms with Crippen LogP contribution in [0.25, 0.3) is 0 Å². The Bertz CT molecular complexity index is 260. The maximum atomic E-state index is 4.26. The predicted molar refractivity (Wildman–Crippen MR) is 41.8 cm³/mol. The zero-order valence-corrected chi connectivity index (χ0v) is 7.06. The maximum absolute atomic E-state index is 4.26. The summed E-state index contributed by atoms with van der Waals surface area (Å²) in [5, 5.41) is 0. The fourth-order valence-electron chi connectivity index (χ4n) is 1.29. The standard InChI is InChI=1S/C7H7BrN2/c8-7-9-4-5-2-1-3-6(5)10-7/h4H,1-3H2. The molecular weight excluding hydrogens is 192 g/mol. The van der Waals surface area contributed by atoms with Crippen LogP contribution in [0.5, 0.6) is 0 Å². The summed E-state index contributed by atoms with van der Waals surface area (Å²) in [4.78, 5) is 8.32. The Kier molecular flexibility index (Phi) is 1.45. The highest BCUT2D eigenvalue weighted by Gasteiger charge is 2.11. The Morgan fingerprint density at radius 3 is 3.20 bits per heavy atom. The van der Waals surface area contributed by atoms with Crippen molar-refractivity contribution in [1.82, 2.24) is 9.97 Å². The van der Waals surface area contributed by atoms with E-state index >= 15 is 0 Å². The van der Waals surface area contributed by atoms with Crippen molar-refractivity contribution in [3.8, 4) is 0 Å². The first kappa shape index (κ1) is 6.28. The van der Waals surface area contributed by atoms with Gasteiger partial charge in [0.05, 0.1) is 0 Å². The Morgan fingerprint density at radius 1 is 1.40 bits per heavy atom. The second kappa shape index (κ2) is 2.31. The van der Waals surface area contributed by atoms with Crippen LogP contribution in [0.4, 0.5) is 0 Å². The number of halogens is 1. The smallest absolute Gasteiger partial charge is 0.196 e. The molecule has 0 amide bonds. The second-order valence-corrected chi connectivity index (χ2v) is 3.17. The van der Waals surface area contributed by atoms with Gasteiger partial charge in [-0.3, -0.25) is 0 Å². The van der Waals surface area contributed by atoms with Gasteiger partial charge in [-0.25, -0.2) is 9.97 Å². The molecule has 10 heavy (non-hydrogen) atoms. The van der Waals surface area contributed by atoms with Gasteiger partial charge < -0.3 is 0 Å². The second-order valence-electron chi connectivity index (χ2n) is 2.46.